The van der Waals surface area contributed by atoms with Crippen molar-refractivity contribution in [3.63, 3.8) is 0 Å². The first-order valence-electron chi connectivity index (χ1n) is 6.03. The fraction of sp³-hybridized carbons (Fsp3) is 0.125. The number of hydrogen-bond acceptors (Lipinski definition) is 2. The van der Waals surface area contributed by atoms with Gasteiger partial charge in [0, 0.05) is 12.1 Å². The first kappa shape index (κ1) is 12.8. The van der Waals surface area contributed by atoms with Crippen LogP contribution in [0.15, 0.2) is 48.5 Å². The van der Waals surface area contributed by atoms with Crippen molar-refractivity contribution in [3.05, 3.63) is 70.8 Å². The minimum Gasteiger partial charge on any atom is -0.348 e. The van der Waals surface area contributed by atoms with Gasteiger partial charge in [-0.25, -0.2) is 0 Å². The number of aryl methyl sites for hydroxylation is 1. The van der Waals surface area contributed by atoms with E-state index < -0.39 is 0 Å². The second-order valence-electron chi connectivity index (χ2n) is 4.36. The normalized spacial score (nSPS) is 9.68. The van der Waals surface area contributed by atoms with Crippen LogP contribution in [0, 0.1) is 18.3 Å². The van der Waals surface area contributed by atoms with Crippen LogP contribution >= 0.6 is 0 Å². The van der Waals surface area contributed by atoms with E-state index in [2.05, 4.69) is 11.4 Å². The molecule has 0 heterocycles. The van der Waals surface area contributed by atoms with Crippen LogP contribution in [0.1, 0.15) is 27.0 Å². The van der Waals surface area contributed by atoms with E-state index in [1.165, 1.54) is 0 Å². The topological polar surface area (TPSA) is 52.9 Å². The first-order valence-corrected chi connectivity index (χ1v) is 6.03. The van der Waals surface area contributed by atoms with E-state index in [1.807, 2.05) is 37.3 Å². The molecule has 0 saturated heterocycles. The second kappa shape index (κ2) is 5.83. The Kier molecular flexibility index (Phi) is 3.94. The molecule has 0 radical (unpaired) electrons. The summed E-state index contributed by atoms with van der Waals surface area (Å²) in [4.78, 5) is 11.9. The molecule has 1 N–H and O–H groups in total. The monoisotopic (exact) mass is 250 g/mol. The van der Waals surface area contributed by atoms with Gasteiger partial charge in [0.05, 0.1) is 11.6 Å². The van der Waals surface area contributed by atoms with Crippen LogP contribution < -0.4 is 5.32 Å². The highest BCUT2D eigenvalue weighted by Gasteiger charge is 2.05. The van der Waals surface area contributed by atoms with Gasteiger partial charge in [-0.05, 0) is 36.8 Å². The van der Waals surface area contributed by atoms with Crippen LogP contribution in [-0.2, 0) is 6.54 Å². The molecule has 19 heavy (non-hydrogen) atoms. The summed E-state index contributed by atoms with van der Waals surface area (Å²) in [6, 6.07) is 16.7. The van der Waals surface area contributed by atoms with Crippen molar-refractivity contribution in [2.45, 2.75) is 13.5 Å². The molecular weight excluding hydrogens is 236 g/mol. The molecule has 0 aliphatic carbocycles. The van der Waals surface area contributed by atoms with Crippen LogP contribution in [0.5, 0.6) is 0 Å². The molecule has 3 nitrogen and oxygen atoms in total. The number of rotatable bonds is 3. The number of nitriles is 1. The van der Waals surface area contributed by atoms with Gasteiger partial charge in [-0.1, -0.05) is 29.8 Å². The smallest absolute Gasteiger partial charge is 0.251 e. The molecule has 1 amide bonds. The first-order chi connectivity index (χ1) is 9.19. The third kappa shape index (κ3) is 3.43. The molecule has 2 aromatic carbocycles. The Morgan fingerprint density at radius 2 is 2.00 bits per heavy atom. The Balaban J connectivity index is 2.02. The number of benzene rings is 2. The average molecular weight is 250 g/mol. The molecule has 0 bridgehead atoms. The Hall–Kier alpha value is -2.60. The zero-order valence-corrected chi connectivity index (χ0v) is 10.7. The summed E-state index contributed by atoms with van der Waals surface area (Å²) in [6.07, 6.45) is 0. The van der Waals surface area contributed by atoms with Gasteiger partial charge in [-0.2, -0.15) is 5.26 Å². The van der Waals surface area contributed by atoms with Crippen molar-refractivity contribution < 1.29 is 4.79 Å². The van der Waals surface area contributed by atoms with Gasteiger partial charge in [0.2, 0.25) is 0 Å². The summed E-state index contributed by atoms with van der Waals surface area (Å²) >= 11 is 0. The lowest BCUT2D eigenvalue weighted by atomic mass is 10.1. The van der Waals surface area contributed by atoms with E-state index in [0.29, 0.717) is 17.7 Å². The summed E-state index contributed by atoms with van der Waals surface area (Å²) in [7, 11) is 0. The Morgan fingerprint density at radius 3 is 2.74 bits per heavy atom. The third-order valence-corrected chi connectivity index (χ3v) is 2.79. The predicted octanol–water partition coefficient (Wildman–Crippen LogP) is 2.80. The van der Waals surface area contributed by atoms with Gasteiger partial charge in [-0.3, -0.25) is 4.79 Å². The van der Waals surface area contributed by atoms with Crippen LogP contribution in [0.25, 0.3) is 0 Å². The van der Waals surface area contributed by atoms with Gasteiger partial charge >= 0.3 is 0 Å². The predicted molar refractivity (Wildman–Crippen MR) is 73.5 cm³/mol. The van der Waals surface area contributed by atoms with Crippen molar-refractivity contribution in [2.24, 2.45) is 0 Å². The molecule has 0 atom stereocenters. The molecule has 0 aliphatic rings. The molecule has 0 saturated carbocycles. The Morgan fingerprint density at radius 1 is 1.21 bits per heavy atom. The van der Waals surface area contributed by atoms with Crippen molar-refractivity contribution in [2.75, 3.05) is 0 Å². The minimum absolute atomic E-state index is 0.105. The number of carbonyl (C=O) groups excluding carboxylic acids is 1. The highest BCUT2D eigenvalue weighted by molar-refractivity contribution is 5.94. The minimum atomic E-state index is -0.105. The summed E-state index contributed by atoms with van der Waals surface area (Å²) in [5.74, 6) is -0.105. The van der Waals surface area contributed by atoms with Gasteiger partial charge in [0.15, 0.2) is 0 Å². The van der Waals surface area contributed by atoms with E-state index >= 15 is 0 Å². The van der Waals surface area contributed by atoms with E-state index in [4.69, 9.17) is 5.26 Å². The number of carbonyl (C=O) groups is 1. The second-order valence-corrected chi connectivity index (χ2v) is 4.36. The largest absolute Gasteiger partial charge is 0.348 e. The standard InChI is InChI=1S/C16H14N2O/c1-12-4-2-7-15(8-12)16(19)18-11-14-6-3-5-13(9-14)10-17/h2-9H,11H2,1H3,(H,18,19). The van der Waals surface area contributed by atoms with Gasteiger partial charge in [0.25, 0.3) is 5.91 Å². The molecule has 3 heteroatoms. The summed E-state index contributed by atoms with van der Waals surface area (Å²) in [5.41, 5.74) is 3.22. The van der Waals surface area contributed by atoms with Gasteiger partial charge < -0.3 is 5.32 Å². The lowest BCUT2D eigenvalue weighted by molar-refractivity contribution is 0.0951. The highest BCUT2D eigenvalue weighted by atomic mass is 16.1. The molecule has 0 aromatic heterocycles. The molecule has 94 valence electrons. The number of nitrogens with zero attached hydrogens (tertiary/aromatic N) is 1. The van der Waals surface area contributed by atoms with Gasteiger partial charge in [0.1, 0.15) is 0 Å². The molecule has 0 spiro atoms. The van der Waals surface area contributed by atoms with E-state index in [9.17, 15) is 4.79 Å². The third-order valence-electron chi connectivity index (χ3n) is 2.79. The maximum absolute atomic E-state index is 11.9. The molecule has 0 aliphatic heterocycles. The Bertz CT molecular complexity index is 641. The fourth-order valence-electron chi connectivity index (χ4n) is 1.82. The summed E-state index contributed by atoms with van der Waals surface area (Å²) in [6.45, 7) is 2.37. The lowest BCUT2D eigenvalue weighted by Gasteiger charge is -2.06. The van der Waals surface area contributed by atoms with Crippen molar-refractivity contribution >= 4 is 5.91 Å². The van der Waals surface area contributed by atoms with E-state index in [1.54, 1.807) is 18.2 Å². The van der Waals surface area contributed by atoms with Crippen molar-refractivity contribution in [3.8, 4) is 6.07 Å². The van der Waals surface area contributed by atoms with Crippen LogP contribution in [0.4, 0.5) is 0 Å². The van der Waals surface area contributed by atoms with E-state index in [-0.39, 0.29) is 5.91 Å². The molecule has 0 unspecified atom stereocenters. The van der Waals surface area contributed by atoms with Crippen LogP contribution in [-0.4, -0.2) is 5.91 Å². The maximum atomic E-state index is 11.9. The Labute approximate surface area is 112 Å². The van der Waals surface area contributed by atoms with E-state index in [0.717, 1.165) is 11.1 Å². The highest BCUT2D eigenvalue weighted by Crippen LogP contribution is 2.06. The molecule has 2 aromatic rings. The maximum Gasteiger partial charge on any atom is 0.251 e. The molecule has 0 fully saturated rings. The van der Waals surface area contributed by atoms with Crippen molar-refractivity contribution in [1.82, 2.24) is 5.32 Å². The summed E-state index contributed by atoms with van der Waals surface area (Å²) in [5, 5.41) is 11.7. The average Bonchev–Trinajstić information content (AvgIpc) is 2.45. The lowest BCUT2D eigenvalue weighted by Crippen LogP contribution is -2.22. The molecular formula is C16H14N2O. The quantitative estimate of drug-likeness (QED) is 0.910. The van der Waals surface area contributed by atoms with Crippen molar-refractivity contribution in [1.29, 1.82) is 5.26 Å². The number of amides is 1. The number of hydrogen-bond donors (Lipinski definition) is 1. The summed E-state index contributed by atoms with van der Waals surface area (Å²) < 4.78 is 0. The molecule has 2 rings (SSSR count). The number of nitrogens with one attached hydrogen (secondary N) is 1. The van der Waals surface area contributed by atoms with Crippen LogP contribution in [0.2, 0.25) is 0 Å². The fourth-order valence-corrected chi connectivity index (χ4v) is 1.82. The van der Waals surface area contributed by atoms with Gasteiger partial charge in [-0.15, -0.1) is 0 Å². The zero-order chi connectivity index (χ0) is 13.7. The SMILES string of the molecule is Cc1cccc(C(=O)NCc2cccc(C#N)c2)c1. The van der Waals surface area contributed by atoms with Crippen LogP contribution in [0.3, 0.4) is 0 Å². The zero-order valence-electron chi connectivity index (χ0n) is 10.7.